The van der Waals surface area contributed by atoms with Gasteiger partial charge in [-0.25, -0.2) is 18.4 Å². The first-order valence-electron chi connectivity index (χ1n) is 5.30. The van der Waals surface area contributed by atoms with Crippen molar-refractivity contribution in [1.82, 2.24) is 15.3 Å². The summed E-state index contributed by atoms with van der Waals surface area (Å²) >= 11 is 0. The third kappa shape index (κ3) is 2.56. The first-order valence-corrected chi connectivity index (χ1v) is 7.19. The first kappa shape index (κ1) is 11.5. The van der Waals surface area contributed by atoms with E-state index in [-0.39, 0.29) is 5.16 Å². The molecule has 88 valence electrons. The molecule has 1 aromatic heterocycles. The molecule has 0 bridgehead atoms. The second kappa shape index (κ2) is 4.47. The molecule has 0 amide bonds. The zero-order valence-electron chi connectivity index (χ0n) is 9.18. The Labute approximate surface area is 95.2 Å². The Morgan fingerprint density at radius 2 is 1.81 bits per heavy atom. The monoisotopic (exact) mass is 241 g/mol. The summed E-state index contributed by atoms with van der Waals surface area (Å²) in [5.41, 5.74) is 1.04. The highest BCUT2D eigenvalue weighted by Gasteiger charge is 2.17. The van der Waals surface area contributed by atoms with Crippen molar-refractivity contribution in [3.8, 4) is 0 Å². The number of nitrogens with one attached hydrogen (secondary N) is 1. The van der Waals surface area contributed by atoms with E-state index in [1.807, 2.05) is 0 Å². The minimum Gasteiger partial charge on any atom is -0.317 e. The summed E-state index contributed by atoms with van der Waals surface area (Å²) in [6.07, 6.45) is 6.51. The summed E-state index contributed by atoms with van der Waals surface area (Å²) in [6, 6.07) is 0. The van der Waals surface area contributed by atoms with Gasteiger partial charge in [-0.1, -0.05) is 0 Å². The smallest absolute Gasteiger partial charge is 0.246 e. The van der Waals surface area contributed by atoms with Gasteiger partial charge in [-0.05, 0) is 37.4 Å². The Kier molecular flexibility index (Phi) is 3.20. The number of rotatable bonds is 2. The summed E-state index contributed by atoms with van der Waals surface area (Å²) in [7, 11) is -3.28. The van der Waals surface area contributed by atoms with Gasteiger partial charge >= 0.3 is 0 Å². The van der Waals surface area contributed by atoms with Gasteiger partial charge in [0.15, 0.2) is 0 Å². The van der Waals surface area contributed by atoms with Gasteiger partial charge < -0.3 is 5.32 Å². The van der Waals surface area contributed by atoms with Crippen LogP contribution in [0.2, 0.25) is 0 Å². The molecule has 0 spiro atoms. The van der Waals surface area contributed by atoms with Gasteiger partial charge in [0, 0.05) is 18.6 Å². The molecule has 0 aliphatic carbocycles. The van der Waals surface area contributed by atoms with Gasteiger partial charge in [0.25, 0.3) is 0 Å². The first-order chi connectivity index (χ1) is 7.57. The zero-order valence-corrected chi connectivity index (χ0v) is 10.00. The molecule has 0 atom stereocenters. The second-order valence-corrected chi connectivity index (χ2v) is 6.00. The molecule has 0 aromatic carbocycles. The van der Waals surface area contributed by atoms with E-state index in [2.05, 4.69) is 15.3 Å². The van der Waals surface area contributed by atoms with Crippen LogP contribution in [0.15, 0.2) is 17.6 Å². The average Bonchev–Trinajstić information content (AvgIpc) is 2.29. The van der Waals surface area contributed by atoms with E-state index in [1.165, 1.54) is 0 Å². The summed E-state index contributed by atoms with van der Waals surface area (Å²) < 4.78 is 22.4. The second-order valence-electron chi connectivity index (χ2n) is 4.10. The van der Waals surface area contributed by atoms with Crippen molar-refractivity contribution >= 4 is 9.84 Å². The van der Waals surface area contributed by atoms with Crippen LogP contribution < -0.4 is 5.32 Å². The molecule has 2 heterocycles. The van der Waals surface area contributed by atoms with Crippen molar-refractivity contribution < 1.29 is 8.42 Å². The fraction of sp³-hybridized carbons (Fsp3) is 0.600. The van der Waals surface area contributed by atoms with E-state index in [0.717, 1.165) is 37.8 Å². The molecule has 0 radical (unpaired) electrons. The molecule has 1 fully saturated rings. The normalized spacial score (nSPS) is 18.6. The van der Waals surface area contributed by atoms with Gasteiger partial charge in [0.2, 0.25) is 15.0 Å². The largest absolute Gasteiger partial charge is 0.317 e. The minimum atomic E-state index is -3.28. The van der Waals surface area contributed by atoms with Gasteiger partial charge in [0.05, 0.1) is 0 Å². The number of aromatic nitrogens is 2. The van der Waals surface area contributed by atoms with Crippen LogP contribution in [0.4, 0.5) is 0 Å². The lowest BCUT2D eigenvalue weighted by Crippen LogP contribution is -2.26. The minimum absolute atomic E-state index is 0.0924. The maximum Gasteiger partial charge on any atom is 0.246 e. The third-order valence-electron chi connectivity index (χ3n) is 2.79. The van der Waals surface area contributed by atoms with E-state index < -0.39 is 9.84 Å². The highest BCUT2D eigenvalue weighted by atomic mass is 32.2. The number of hydrogen-bond donors (Lipinski definition) is 1. The van der Waals surface area contributed by atoms with Gasteiger partial charge in [-0.3, -0.25) is 0 Å². The van der Waals surface area contributed by atoms with Crippen molar-refractivity contribution in [3.63, 3.8) is 0 Å². The van der Waals surface area contributed by atoms with Crippen LogP contribution in [0, 0.1) is 0 Å². The molecule has 1 aliphatic rings. The average molecular weight is 241 g/mol. The third-order valence-corrected chi connectivity index (χ3v) is 3.66. The highest BCUT2D eigenvalue weighted by molar-refractivity contribution is 7.90. The lowest BCUT2D eigenvalue weighted by molar-refractivity contribution is 0.457. The number of hydrogen-bond acceptors (Lipinski definition) is 5. The standard InChI is InChI=1S/C10H15N3O2S/c1-16(14,15)10-12-6-9(7-13-10)8-2-4-11-5-3-8/h6-8,11H,2-5H2,1H3. The maximum absolute atomic E-state index is 11.2. The molecule has 1 saturated heterocycles. The summed E-state index contributed by atoms with van der Waals surface area (Å²) in [5, 5.41) is 3.19. The molecule has 1 aliphatic heterocycles. The van der Waals surface area contributed by atoms with Crippen molar-refractivity contribution in [2.45, 2.75) is 23.9 Å². The van der Waals surface area contributed by atoms with Crippen LogP contribution in [0.5, 0.6) is 0 Å². The van der Waals surface area contributed by atoms with Crippen molar-refractivity contribution in [1.29, 1.82) is 0 Å². The highest BCUT2D eigenvalue weighted by Crippen LogP contribution is 2.23. The van der Waals surface area contributed by atoms with E-state index in [1.54, 1.807) is 12.4 Å². The van der Waals surface area contributed by atoms with E-state index in [9.17, 15) is 8.42 Å². The van der Waals surface area contributed by atoms with Gasteiger partial charge in [-0.15, -0.1) is 0 Å². The molecule has 16 heavy (non-hydrogen) atoms. The van der Waals surface area contributed by atoms with Crippen LogP contribution in [0.25, 0.3) is 0 Å². The van der Waals surface area contributed by atoms with Crippen LogP contribution in [-0.4, -0.2) is 37.7 Å². The van der Waals surface area contributed by atoms with E-state index >= 15 is 0 Å². The predicted octanol–water partition coefficient (Wildman–Crippen LogP) is 0.347. The van der Waals surface area contributed by atoms with E-state index in [4.69, 9.17) is 0 Å². The molecule has 1 aromatic rings. The van der Waals surface area contributed by atoms with Crippen molar-refractivity contribution in [2.24, 2.45) is 0 Å². The predicted molar refractivity (Wildman–Crippen MR) is 60.0 cm³/mol. The molecular weight excluding hydrogens is 226 g/mol. The molecule has 1 N–H and O–H groups in total. The Bertz CT molecular complexity index is 449. The molecule has 6 heteroatoms. The Morgan fingerprint density at radius 1 is 1.25 bits per heavy atom. The molecule has 0 saturated carbocycles. The zero-order chi connectivity index (χ0) is 11.6. The number of sulfone groups is 1. The summed E-state index contributed by atoms with van der Waals surface area (Å²) in [5.74, 6) is 0.454. The summed E-state index contributed by atoms with van der Waals surface area (Å²) in [4.78, 5) is 7.81. The quantitative estimate of drug-likeness (QED) is 0.756. The van der Waals surface area contributed by atoms with E-state index in [0.29, 0.717) is 5.92 Å². The Morgan fingerprint density at radius 3 is 2.31 bits per heavy atom. The molecule has 0 unspecified atom stereocenters. The van der Waals surface area contributed by atoms with Crippen LogP contribution >= 0.6 is 0 Å². The topological polar surface area (TPSA) is 72.0 Å². The molecule has 5 nitrogen and oxygen atoms in total. The molecular formula is C10H15N3O2S. The van der Waals surface area contributed by atoms with Crippen LogP contribution in [0.1, 0.15) is 24.3 Å². The fourth-order valence-corrected chi connectivity index (χ4v) is 2.37. The lowest BCUT2D eigenvalue weighted by Gasteiger charge is -2.22. The summed E-state index contributed by atoms with van der Waals surface area (Å²) in [6.45, 7) is 2.00. The SMILES string of the molecule is CS(=O)(=O)c1ncc(C2CCNCC2)cn1. The maximum atomic E-state index is 11.2. The van der Waals surface area contributed by atoms with Crippen molar-refractivity contribution in [3.05, 3.63) is 18.0 Å². The number of piperidine rings is 1. The van der Waals surface area contributed by atoms with Crippen molar-refractivity contribution in [2.75, 3.05) is 19.3 Å². The van der Waals surface area contributed by atoms with Gasteiger partial charge in [-0.2, -0.15) is 0 Å². The Balaban J connectivity index is 2.18. The van der Waals surface area contributed by atoms with Gasteiger partial charge in [0.1, 0.15) is 0 Å². The van der Waals surface area contributed by atoms with Crippen LogP contribution in [-0.2, 0) is 9.84 Å². The van der Waals surface area contributed by atoms with Crippen LogP contribution in [0.3, 0.4) is 0 Å². The Hall–Kier alpha value is -1.01. The fourth-order valence-electron chi connectivity index (χ4n) is 1.88. The molecule has 2 rings (SSSR count). The lowest BCUT2D eigenvalue weighted by atomic mass is 9.92. The number of nitrogens with zero attached hydrogens (tertiary/aromatic N) is 2.